The molecule has 1 aromatic rings. The van der Waals surface area contributed by atoms with Crippen molar-refractivity contribution in [2.75, 3.05) is 0 Å². The van der Waals surface area contributed by atoms with Crippen LogP contribution in [0.4, 0.5) is 0 Å². The van der Waals surface area contributed by atoms with Gasteiger partial charge < -0.3 is 5.73 Å². The number of nitrogens with two attached hydrogens (primary N) is 1. The van der Waals surface area contributed by atoms with Crippen molar-refractivity contribution in [1.29, 1.82) is 0 Å². The molecule has 0 bridgehead atoms. The molecule has 2 atom stereocenters. The molecule has 3 N–H and O–H groups in total. The third kappa shape index (κ3) is 5.87. The molecule has 1 rings (SSSR count). The summed E-state index contributed by atoms with van der Waals surface area (Å²) in [6, 6.07) is 5.78. The third-order valence-corrected chi connectivity index (χ3v) is 4.45. The van der Waals surface area contributed by atoms with Gasteiger partial charge in [0.15, 0.2) is 0 Å². The highest BCUT2D eigenvalue weighted by Crippen LogP contribution is 2.12. The average molecular weight is 331 g/mol. The quantitative estimate of drug-likeness (QED) is 0.802. The molecular formula is C14H19ClN2O3S. The van der Waals surface area contributed by atoms with Crippen LogP contribution in [0.15, 0.2) is 29.7 Å². The zero-order chi connectivity index (χ0) is 16.0. The summed E-state index contributed by atoms with van der Waals surface area (Å²) in [7, 11) is -3.75. The van der Waals surface area contributed by atoms with Crippen LogP contribution in [0.5, 0.6) is 0 Å². The minimum Gasteiger partial charge on any atom is -0.368 e. The van der Waals surface area contributed by atoms with E-state index in [1.807, 2.05) is 6.92 Å². The first kappa shape index (κ1) is 17.7. The van der Waals surface area contributed by atoms with Crippen LogP contribution in [0, 0.1) is 5.92 Å². The van der Waals surface area contributed by atoms with Gasteiger partial charge in [-0.15, -0.1) is 0 Å². The molecule has 0 aromatic heterocycles. The monoisotopic (exact) mass is 330 g/mol. The van der Waals surface area contributed by atoms with Crippen molar-refractivity contribution in [1.82, 2.24) is 4.72 Å². The molecule has 0 saturated carbocycles. The van der Waals surface area contributed by atoms with Crippen molar-refractivity contribution in [2.45, 2.75) is 26.3 Å². The minimum atomic E-state index is -3.75. The van der Waals surface area contributed by atoms with E-state index in [1.54, 1.807) is 31.2 Å². The van der Waals surface area contributed by atoms with E-state index in [0.717, 1.165) is 5.41 Å². The molecule has 0 heterocycles. The van der Waals surface area contributed by atoms with E-state index in [4.69, 9.17) is 17.3 Å². The Morgan fingerprint density at radius 2 is 1.95 bits per heavy atom. The Balaban J connectivity index is 2.85. The van der Waals surface area contributed by atoms with Crippen LogP contribution < -0.4 is 10.5 Å². The maximum Gasteiger partial charge on any atom is 0.235 e. The van der Waals surface area contributed by atoms with Crippen molar-refractivity contribution < 1.29 is 13.2 Å². The fourth-order valence-electron chi connectivity index (χ4n) is 1.65. The van der Waals surface area contributed by atoms with Crippen molar-refractivity contribution in [2.24, 2.45) is 11.7 Å². The molecule has 0 aliphatic heterocycles. The predicted octanol–water partition coefficient (Wildman–Crippen LogP) is 2.13. The van der Waals surface area contributed by atoms with Crippen molar-refractivity contribution >= 4 is 33.6 Å². The zero-order valence-electron chi connectivity index (χ0n) is 11.9. The van der Waals surface area contributed by atoms with Gasteiger partial charge in [-0.25, -0.2) is 8.42 Å². The van der Waals surface area contributed by atoms with Gasteiger partial charge in [0, 0.05) is 10.4 Å². The molecule has 0 saturated heterocycles. The number of carbonyl (C=O) groups is 1. The van der Waals surface area contributed by atoms with Gasteiger partial charge in [-0.1, -0.05) is 44.0 Å². The number of amides is 1. The molecular weight excluding hydrogens is 312 g/mol. The first-order valence-electron chi connectivity index (χ1n) is 6.50. The number of hydrogen-bond acceptors (Lipinski definition) is 3. The molecule has 0 aliphatic carbocycles. The fourth-order valence-corrected chi connectivity index (χ4v) is 2.89. The second-order valence-electron chi connectivity index (χ2n) is 4.78. The number of primary amides is 1. The molecule has 1 aromatic carbocycles. The summed E-state index contributed by atoms with van der Waals surface area (Å²) < 4.78 is 26.3. The molecule has 0 radical (unpaired) electrons. The molecule has 0 spiro atoms. The lowest BCUT2D eigenvalue weighted by atomic mass is 10.00. The van der Waals surface area contributed by atoms with Crippen LogP contribution >= 0.6 is 11.6 Å². The SMILES string of the molecule is CCC(C)C(NS(=O)(=O)/C=C/c1ccc(Cl)cc1)C(N)=O. The van der Waals surface area contributed by atoms with Gasteiger partial charge >= 0.3 is 0 Å². The van der Waals surface area contributed by atoms with E-state index in [9.17, 15) is 13.2 Å². The van der Waals surface area contributed by atoms with Crippen molar-refractivity contribution in [3.63, 3.8) is 0 Å². The smallest absolute Gasteiger partial charge is 0.235 e. The number of nitrogens with one attached hydrogen (secondary N) is 1. The summed E-state index contributed by atoms with van der Waals surface area (Å²) >= 11 is 5.75. The average Bonchev–Trinajstić information content (AvgIpc) is 2.43. The number of rotatable bonds is 7. The summed E-state index contributed by atoms with van der Waals surface area (Å²) in [4.78, 5) is 11.3. The Labute approximate surface area is 130 Å². The molecule has 21 heavy (non-hydrogen) atoms. The topological polar surface area (TPSA) is 89.3 Å². The lowest BCUT2D eigenvalue weighted by Crippen LogP contribution is -2.47. The summed E-state index contributed by atoms with van der Waals surface area (Å²) in [5.41, 5.74) is 5.92. The van der Waals surface area contributed by atoms with Crippen LogP contribution in [0.25, 0.3) is 6.08 Å². The summed E-state index contributed by atoms with van der Waals surface area (Å²) in [5.74, 6) is -0.867. The second kappa shape index (κ2) is 7.59. The predicted molar refractivity (Wildman–Crippen MR) is 85.0 cm³/mol. The van der Waals surface area contributed by atoms with E-state index in [2.05, 4.69) is 4.72 Å². The van der Waals surface area contributed by atoms with Gasteiger partial charge in [-0.3, -0.25) is 4.79 Å². The first-order valence-corrected chi connectivity index (χ1v) is 8.43. The minimum absolute atomic E-state index is 0.179. The number of halogens is 1. The zero-order valence-corrected chi connectivity index (χ0v) is 13.5. The molecule has 7 heteroatoms. The van der Waals surface area contributed by atoms with E-state index >= 15 is 0 Å². The van der Waals surface area contributed by atoms with Gasteiger partial charge in [-0.05, 0) is 29.7 Å². The summed E-state index contributed by atoms with van der Waals surface area (Å²) in [6.07, 6.45) is 2.06. The van der Waals surface area contributed by atoms with Gasteiger partial charge in [0.05, 0.1) is 0 Å². The third-order valence-electron chi connectivity index (χ3n) is 3.12. The van der Waals surface area contributed by atoms with Crippen molar-refractivity contribution in [3.05, 3.63) is 40.3 Å². The molecule has 116 valence electrons. The van der Waals surface area contributed by atoms with E-state index in [1.165, 1.54) is 6.08 Å². The highest BCUT2D eigenvalue weighted by molar-refractivity contribution is 7.92. The molecule has 0 fully saturated rings. The highest BCUT2D eigenvalue weighted by atomic mass is 35.5. The molecule has 1 amide bonds. The van der Waals surface area contributed by atoms with Crippen LogP contribution in [-0.4, -0.2) is 20.4 Å². The Kier molecular flexibility index (Phi) is 6.39. The Bertz CT molecular complexity index is 612. The lowest BCUT2D eigenvalue weighted by Gasteiger charge is -2.19. The Morgan fingerprint density at radius 3 is 2.43 bits per heavy atom. The van der Waals surface area contributed by atoms with Gasteiger partial charge in [-0.2, -0.15) is 4.72 Å². The Hall–Kier alpha value is -1.37. The lowest BCUT2D eigenvalue weighted by molar-refractivity contribution is -0.120. The number of carbonyl (C=O) groups excluding carboxylic acids is 1. The normalized spacial score (nSPS) is 15.0. The number of benzene rings is 1. The molecule has 2 unspecified atom stereocenters. The van der Waals surface area contributed by atoms with Crippen LogP contribution in [0.3, 0.4) is 0 Å². The molecule has 5 nitrogen and oxygen atoms in total. The maximum atomic E-state index is 12.0. The number of sulfonamides is 1. The van der Waals surface area contributed by atoms with Gasteiger partial charge in [0.1, 0.15) is 6.04 Å². The largest absolute Gasteiger partial charge is 0.368 e. The summed E-state index contributed by atoms with van der Waals surface area (Å²) in [6.45, 7) is 3.62. The van der Waals surface area contributed by atoms with E-state index in [0.29, 0.717) is 17.0 Å². The van der Waals surface area contributed by atoms with Crippen LogP contribution in [0.1, 0.15) is 25.8 Å². The number of hydrogen-bond donors (Lipinski definition) is 2. The highest BCUT2D eigenvalue weighted by Gasteiger charge is 2.25. The van der Waals surface area contributed by atoms with Gasteiger partial charge in [0.2, 0.25) is 15.9 Å². The first-order chi connectivity index (χ1) is 9.75. The van der Waals surface area contributed by atoms with E-state index in [-0.39, 0.29) is 5.92 Å². The Morgan fingerprint density at radius 1 is 1.38 bits per heavy atom. The second-order valence-corrected chi connectivity index (χ2v) is 6.82. The van der Waals surface area contributed by atoms with E-state index < -0.39 is 22.0 Å². The maximum absolute atomic E-state index is 12.0. The van der Waals surface area contributed by atoms with Crippen molar-refractivity contribution in [3.8, 4) is 0 Å². The summed E-state index contributed by atoms with van der Waals surface area (Å²) in [5, 5.41) is 1.58. The van der Waals surface area contributed by atoms with Crippen LogP contribution in [0.2, 0.25) is 5.02 Å². The standard InChI is InChI=1S/C14H19ClN2O3S/c1-3-10(2)13(14(16)18)17-21(19,20)9-8-11-4-6-12(15)7-5-11/h4-10,13,17H,3H2,1-2H3,(H2,16,18)/b9-8+. The molecule has 0 aliphatic rings. The fraction of sp³-hybridized carbons (Fsp3) is 0.357. The van der Waals surface area contributed by atoms with Crippen LogP contribution in [-0.2, 0) is 14.8 Å². The van der Waals surface area contributed by atoms with Gasteiger partial charge in [0.25, 0.3) is 0 Å².